The molecule has 0 atom stereocenters. The van der Waals surface area contributed by atoms with Crippen LogP contribution in [0, 0.1) is 5.41 Å². The predicted octanol–water partition coefficient (Wildman–Crippen LogP) is 3.19. The van der Waals surface area contributed by atoms with Crippen LogP contribution in [0.25, 0.3) is 0 Å². The normalized spacial score (nSPS) is 18.9. The Morgan fingerprint density at radius 3 is 2.56 bits per heavy atom. The van der Waals surface area contributed by atoms with E-state index >= 15 is 0 Å². The summed E-state index contributed by atoms with van der Waals surface area (Å²) in [7, 11) is 1.81. The number of guanidine groups is 1. The Bertz CT molecular complexity index is 614. The number of carbonyl (C=O) groups is 1. The first kappa shape index (κ1) is 22.0. The summed E-state index contributed by atoms with van der Waals surface area (Å²) in [5, 5.41) is 6.23. The van der Waals surface area contributed by atoms with Crippen molar-refractivity contribution in [1.82, 2.24) is 15.5 Å². The van der Waals surface area contributed by atoms with Gasteiger partial charge in [-0.2, -0.15) is 0 Å². The number of halogens is 1. The van der Waals surface area contributed by atoms with Gasteiger partial charge in [-0.1, -0.05) is 49.6 Å². The second-order valence-electron chi connectivity index (χ2n) is 7.72. The van der Waals surface area contributed by atoms with Crippen LogP contribution in [0.15, 0.2) is 35.3 Å². The van der Waals surface area contributed by atoms with Crippen molar-refractivity contribution in [3.05, 3.63) is 35.9 Å². The van der Waals surface area contributed by atoms with E-state index in [1.54, 1.807) is 0 Å². The average Bonchev–Trinajstić information content (AvgIpc) is 3.07. The number of hydrogen-bond donors (Lipinski definition) is 2. The zero-order valence-electron chi connectivity index (χ0n) is 16.4. The van der Waals surface area contributed by atoms with Gasteiger partial charge >= 0.3 is 0 Å². The van der Waals surface area contributed by atoms with Gasteiger partial charge < -0.3 is 15.5 Å². The van der Waals surface area contributed by atoms with Crippen LogP contribution in [0.1, 0.15) is 44.1 Å². The monoisotopic (exact) mass is 484 g/mol. The summed E-state index contributed by atoms with van der Waals surface area (Å²) in [4.78, 5) is 18.9. The molecule has 2 aliphatic rings. The molecule has 1 aromatic carbocycles. The third-order valence-corrected chi connectivity index (χ3v) is 5.85. The summed E-state index contributed by atoms with van der Waals surface area (Å²) in [6, 6.07) is 10.2. The molecule has 0 radical (unpaired) electrons. The molecule has 1 aliphatic heterocycles. The molecule has 0 bridgehead atoms. The molecule has 1 heterocycles. The fraction of sp³-hybridized carbons (Fsp3) is 0.619. The van der Waals surface area contributed by atoms with Gasteiger partial charge in [-0.05, 0) is 36.7 Å². The molecule has 150 valence electrons. The third kappa shape index (κ3) is 6.36. The van der Waals surface area contributed by atoms with E-state index in [2.05, 4.69) is 32.7 Å². The van der Waals surface area contributed by atoms with E-state index < -0.39 is 0 Å². The second kappa shape index (κ2) is 10.9. The van der Waals surface area contributed by atoms with Crippen molar-refractivity contribution < 1.29 is 4.79 Å². The molecule has 1 amide bonds. The zero-order valence-corrected chi connectivity index (χ0v) is 18.7. The fourth-order valence-corrected chi connectivity index (χ4v) is 4.37. The van der Waals surface area contributed by atoms with E-state index in [-0.39, 0.29) is 36.4 Å². The maximum atomic E-state index is 12.1. The summed E-state index contributed by atoms with van der Waals surface area (Å²) < 4.78 is 0. The van der Waals surface area contributed by atoms with Crippen molar-refractivity contribution in [2.45, 2.75) is 44.9 Å². The molecule has 1 aromatic rings. The number of hydrogen-bond acceptors (Lipinski definition) is 2. The van der Waals surface area contributed by atoms with Gasteiger partial charge in [-0.3, -0.25) is 9.79 Å². The summed E-state index contributed by atoms with van der Waals surface area (Å²) in [6.07, 6.45) is 8.93. The van der Waals surface area contributed by atoms with Crippen molar-refractivity contribution in [1.29, 1.82) is 0 Å². The van der Waals surface area contributed by atoms with E-state index in [1.165, 1.54) is 44.1 Å². The van der Waals surface area contributed by atoms with Gasteiger partial charge in [-0.25, -0.2) is 0 Å². The SMILES string of the molecule is CN=C(NCC(=O)NCCc1ccccc1)N1CCC2(CCCCC2)C1.I. The minimum atomic E-state index is 0. The fourth-order valence-electron chi connectivity index (χ4n) is 4.37. The molecule has 1 aliphatic carbocycles. The minimum Gasteiger partial charge on any atom is -0.354 e. The van der Waals surface area contributed by atoms with Gasteiger partial charge in [0.25, 0.3) is 0 Å². The molecule has 0 aromatic heterocycles. The quantitative estimate of drug-likeness (QED) is 0.384. The first-order valence-corrected chi connectivity index (χ1v) is 9.97. The van der Waals surface area contributed by atoms with Crippen molar-refractivity contribution >= 4 is 35.8 Å². The number of nitrogens with zero attached hydrogens (tertiary/aromatic N) is 2. The molecule has 1 spiro atoms. The number of benzene rings is 1. The van der Waals surface area contributed by atoms with Crippen LogP contribution < -0.4 is 10.6 Å². The standard InChI is InChI=1S/C21H32N4O.HI/c1-22-20(25-15-13-21(17-25)11-6-3-7-12-21)24-16-19(26)23-14-10-18-8-4-2-5-9-18;/h2,4-5,8-9H,3,6-7,10-17H2,1H3,(H,22,24)(H,23,26);1H. The minimum absolute atomic E-state index is 0. The Morgan fingerprint density at radius 1 is 1.11 bits per heavy atom. The topological polar surface area (TPSA) is 56.7 Å². The maximum Gasteiger partial charge on any atom is 0.239 e. The Balaban J connectivity index is 0.00000261. The van der Waals surface area contributed by atoms with Gasteiger partial charge in [0.15, 0.2) is 5.96 Å². The smallest absolute Gasteiger partial charge is 0.239 e. The number of aliphatic imine (C=N–C) groups is 1. The highest BCUT2D eigenvalue weighted by Crippen LogP contribution is 2.43. The summed E-state index contributed by atoms with van der Waals surface area (Å²) in [5.74, 6) is 0.888. The van der Waals surface area contributed by atoms with Gasteiger partial charge in [0, 0.05) is 26.7 Å². The Morgan fingerprint density at radius 2 is 1.85 bits per heavy atom. The molecule has 2 N–H and O–H groups in total. The predicted molar refractivity (Wildman–Crippen MR) is 122 cm³/mol. The number of carbonyl (C=O) groups excluding carboxylic acids is 1. The van der Waals surface area contributed by atoms with Crippen molar-refractivity contribution in [3.63, 3.8) is 0 Å². The van der Waals surface area contributed by atoms with Gasteiger partial charge in [0.1, 0.15) is 0 Å². The van der Waals surface area contributed by atoms with Crippen LogP contribution >= 0.6 is 24.0 Å². The molecule has 2 fully saturated rings. The van der Waals surface area contributed by atoms with Crippen molar-refractivity contribution in [3.8, 4) is 0 Å². The first-order valence-electron chi connectivity index (χ1n) is 9.97. The third-order valence-electron chi connectivity index (χ3n) is 5.85. The molecule has 1 saturated carbocycles. The molecular formula is C21H33IN4O. The lowest BCUT2D eigenvalue weighted by atomic mass is 9.73. The number of rotatable bonds is 5. The average molecular weight is 484 g/mol. The molecule has 3 rings (SSSR count). The number of nitrogens with one attached hydrogen (secondary N) is 2. The van der Waals surface area contributed by atoms with E-state index in [1.807, 2.05) is 25.2 Å². The lowest BCUT2D eigenvalue weighted by Crippen LogP contribution is -2.45. The Labute approximate surface area is 180 Å². The maximum absolute atomic E-state index is 12.1. The molecule has 0 unspecified atom stereocenters. The van der Waals surface area contributed by atoms with Gasteiger partial charge in [-0.15, -0.1) is 24.0 Å². The Kier molecular flexibility index (Phi) is 8.86. The lowest BCUT2D eigenvalue weighted by Gasteiger charge is -2.33. The van der Waals surface area contributed by atoms with Crippen LogP contribution in [0.4, 0.5) is 0 Å². The molecule has 1 saturated heterocycles. The van der Waals surface area contributed by atoms with Gasteiger partial charge in [0.05, 0.1) is 6.54 Å². The summed E-state index contributed by atoms with van der Waals surface area (Å²) >= 11 is 0. The van der Waals surface area contributed by atoms with Crippen LogP contribution in [0.5, 0.6) is 0 Å². The summed E-state index contributed by atoms with van der Waals surface area (Å²) in [6.45, 7) is 3.08. The zero-order chi connectivity index (χ0) is 18.2. The molecular weight excluding hydrogens is 451 g/mol. The molecule has 5 nitrogen and oxygen atoms in total. The molecule has 6 heteroatoms. The number of likely N-dealkylation sites (tertiary alicyclic amines) is 1. The van der Waals surface area contributed by atoms with E-state index in [9.17, 15) is 4.79 Å². The van der Waals surface area contributed by atoms with E-state index in [0.29, 0.717) is 12.0 Å². The number of amides is 1. The van der Waals surface area contributed by atoms with E-state index in [0.717, 1.165) is 25.5 Å². The molecule has 27 heavy (non-hydrogen) atoms. The van der Waals surface area contributed by atoms with Crippen LogP contribution in [0.3, 0.4) is 0 Å². The van der Waals surface area contributed by atoms with E-state index in [4.69, 9.17) is 0 Å². The van der Waals surface area contributed by atoms with Crippen LogP contribution in [-0.4, -0.2) is 50.0 Å². The van der Waals surface area contributed by atoms with Crippen LogP contribution in [0.2, 0.25) is 0 Å². The van der Waals surface area contributed by atoms with Crippen molar-refractivity contribution in [2.24, 2.45) is 10.4 Å². The summed E-state index contributed by atoms with van der Waals surface area (Å²) in [5.41, 5.74) is 1.74. The second-order valence-corrected chi connectivity index (χ2v) is 7.72. The highest BCUT2D eigenvalue weighted by atomic mass is 127. The first-order chi connectivity index (χ1) is 12.7. The highest BCUT2D eigenvalue weighted by Gasteiger charge is 2.39. The lowest BCUT2D eigenvalue weighted by molar-refractivity contribution is -0.120. The largest absolute Gasteiger partial charge is 0.354 e. The van der Waals surface area contributed by atoms with Gasteiger partial charge in [0.2, 0.25) is 5.91 Å². The van der Waals surface area contributed by atoms with Crippen molar-refractivity contribution in [2.75, 3.05) is 33.2 Å². The Hall–Kier alpha value is -1.31. The van der Waals surface area contributed by atoms with Crippen LogP contribution in [-0.2, 0) is 11.2 Å². The highest BCUT2D eigenvalue weighted by molar-refractivity contribution is 14.0.